The van der Waals surface area contributed by atoms with Crippen LogP contribution in [0.3, 0.4) is 0 Å². The molecule has 0 aliphatic heterocycles. The molecule has 0 spiro atoms. The summed E-state index contributed by atoms with van der Waals surface area (Å²) < 4.78 is 13.1. The minimum atomic E-state index is -0.365. The van der Waals surface area contributed by atoms with Crippen LogP contribution in [-0.2, 0) is 0 Å². The lowest BCUT2D eigenvalue weighted by molar-refractivity contribution is 0.357. The molecule has 1 aromatic carbocycles. The molecule has 3 heteroatoms. The molecule has 90 valence electrons. The van der Waals surface area contributed by atoms with Crippen LogP contribution < -0.4 is 5.32 Å². The van der Waals surface area contributed by atoms with E-state index in [-0.39, 0.29) is 22.4 Å². The van der Waals surface area contributed by atoms with E-state index in [1.165, 1.54) is 6.07 Å². The Hall–Kier alpha value is -0.600. The number of hydrogen-bond acceptors (Lipinski definition) is 1. The minimum absolute atomic E-state index is 0.0293. The average Bonchev–Trinajstić information content (AvgIpc) is 2.17. The number of rotatable bonds is 3. The first-order chi connectivity index (χ1) is 7.33. The molecule has 1 unspecified atom stereocenters. The topological polar surface area (TPSA) is 12.0 Å². The van der Waals surface area contributed by atoms with Crippen molar-refractivity contribution in [1.82, 2.24) is 5.32 Å². The zero-order valence-corrected chi connectivity index (χ0v) is 11.0. The van der Waals surface area contributed by atoms with Gasteiger partial charge in [-0.15, -0.1) is 0 Å². The van der Waals surface area contributed by atoms with E-state index in [1.807, 2.05) is 0 Å². The van der Waals surface area contributed by atoms with E-state index in [1.54, 1.807) is 12.1 Å². The van der Waals surface area contributed by atoms with Crippen LogP contribution in [0.25, 0.3) is 0 Å². The van der Waals surface area contributed by atoms with Gasteiger partial charge in [-0.25, -0.2) is 4.39 Å². The normalized spacial score (nSPS) is 13.9. The van der Waals surface area contributed by atoms with E-state index >= 15 is 0 Å². The maximum atomic E-state index is 13.1. The first-order valence-electron chi connectivity index (χ1n) is 5.56. The van der Waals surface area contributed by atoms with Gasteiger partial charge in [0.25, 0.3) is 0 Å². The van der Waals surface area contributed by atoms with Crippen LogP contribution in [0.2, 0.25) is 5.02 Å². The smallest absolute Gasteiger partial charge is 0.141 e. The zero-order chi connectivity index (χ0) is 12.3. The molecule has 0 aliphatic rings. The van der Waals surface area contributed by atoms with Crippen LogP contribution in [0, 0.1) is 5.82 Å². The fraction of sp³-hybridized carbons (Fsp3) is 0.538. The number of halogens is 2. The Kier molecular flexibility index (Phi) is 4.34. The highest BCUT2D eigenvalue weighted by Gasteiger charge is 2.17. The van der Waals surface area contributed by atoms with E-state index < -0.39 is 0 Å². The zero-order valence-electron chi connectivity index (χ0n) is 10.3. The van der Waals surface area contributed by atoms with E-state index in [0.29, 0.717) is 0 Å². The first kappa shape index (κ1) is 13.5. The van der Waals surface area contributed by atoms with Crippen molar-refractivity contribution in [2.75, 3.05) is 0 Å². The quantitative estimate of drug-likeness (QED) is 0.834. The third-order valence-corrected chi connectivity index (χ3v) is 2.65. The molecule has 16 heavy (non-hydrogen) atoms. The van der Waals surface area contributed by atoms with Gasteiger partial charge in [0.1, 0.15) is 5.82 Å². The molecular formula is C13H19ClFN. The van der Waals surface area contributed by atoms with Crippen LogP contribution in [0.4, 0.5) is 4.39 Å². The predicted octanol–water partition coefficient (Wildman–Crippen LogP) is 4.32. The van der Waals surface area contributed by atoms with Gasteiger partial charge in [0.05, 0.1) is 5.02 Å². The molecule has 1 rings (SSSR count). The molecule has 1 N–H and O–H groups in total. The molecule has 0 fully saturated rings. The Bertz CT molecular complexity index is 357. The fourth-order valence-corrected chi connectivity index (χ4v) is 1.86. The summed E-state index contributed by atoms with van der Waals surface area (Å²) in [7, 11) is 0. The van der Waals surface area contributed by atoms with Crippen LogP contribution in [0.5, 0.6) is 0 Å². The van der Waals surface area contributed by atoms with Crippen molar-refractivity contribution in [3.8, 4) is 0 Å². The molecule has 0 aliphatic carbocycles. The minimum Gasteiger partial charge on any atom is -0.305 e. The predicted molar refractivity (Wildman–Crippen MR) is 67.3 cm³/mol. The monoisotopic (exact) mass is 243 g/mol. The SMILES string of the molecule is CCC(NC(C)(C)C)c1ccc(F)c(Cl)c1. The Balaban J connectivity index is 2.91. The van der Waals surface area contributed by atoms with Gasteiger partial charge in [-0.2, -0.15) is 0 Å². The summed E-state index contributed by atoms with van der Waals surface area (Å²) in [6.45, 7) is 8.43. The summed E-state index contributed by atoms with van der Waals surface area (Å²) in [6.07, 6.45) is 0.944. The van der Waals surface area contributed by atoms with E-state index in [0.717, 1.165) is 12.0 Å². The molecule has 0 saturated heterocycles. The average molecular weight is 244 g/mol. The lowest BCUT2D eigenvalue weighted by atomic mass is 10.00. The molecule has 0 aromatic heterocycles. The fourth-order valence-electron chi connectivity index (χ4n) is 1.67. The van der Waals surface area contributed by atoms with Crippen molar-refractivity contribution < 1.29 is 4.39 Å². The highest BCUT2D eigenvalue weighted by molar-refractivity contribution is 6.30. The summed E-state index contributed by atoms with van der Waals surface area (Å²) in [4.78, 5) is 0. The van der Waals surface area contributed by atoms with Crippen LogP contribution in [-0.4, -0.2) is 5.54 Å². The van der Waals surface area contributed by atoms with Crippen molar-refractivity contribution in [3.63, 3.8) is 0 Å². The molecule has 1 atom stereocenters. The molecule has 0 saturated carbocycles. The molecule has 0 bridgehead atoms. The highest BCUT2D eigenvalue weighted by Crippen LogP contribution is 2.24. The molecule has 0 amide bonds. The molecular weight excluding hydrogens is 225 g/mol. The second kappa shape index (κ2) is 5.15. The Morgan fingerprint density at radius 2 is 2.00 bits per heavy atom. The van der Waals surface area contributed by atoms with Crippen molar-refractivity contribution in [3.05, 3.63) is 34.6 Å². The number of benzene rings is 1. The van der Waals surface area contributed by atoms with Crippen LogP contribution in [0.1, 0.15) is 45.7 Å². The third-order valence-electron chi connectivity index (χ3n) is 2.36. The van der Waals surface area contributed by atoms with Crippen molar-refractivity contribution in [2.24, 2.45) is 0 Å². The van der Waals surface area contributed by atoms with Gasteiger partial charge in [0.15, 0.2) is 0 Å². The van der Waals surface area contributed by atoms with E-state index in [2.05, 4.69) is 33.0 Å². The van der Waals surface area contributed by atoms with E-state index in [4.69, 9.17) is 11.6 Å². The largest absolute Gasteiger partial charge is 0.305 e. The Labute approximate surface area is 102 Å². The summed E-state index contributed by atoms with van der Waals surface area (Å²) in [6, 6.07) is 5.11. The number of nitrogens with one attached hydrogen (secondary N) is 1. The second-order valence-corrected chi connectivity index (χ2v) is 5.44. The highest BCUT2D eigenvalue weighted by atomic mass is 35.5. The summed E-state index contributed by atoms with van der Waals surface area (Å²) in [5.74, 6) is -0.365. The van der Waals surface area contributed by atoms with Gasteiger partial charge in [0, 0.05) is 11.6 Å². The van der Waals surface area contributed by atoms with Crippen molar-refractivity contribution in [1.29, 1.82) is 0 Å². The van der Waals surface area contributed by atoms with Crippen molar-refractivity contribution in [2.45, 2.75) is 45.7 Å². The van der Waals surface area contributed by atoms with Gasteiger partial charge < -0.3 is 5.32 Å². The molecule has 0 radical (unpaired) electrons. The van der Waals surface area contributed by atoms with Crippen molar-refractivity contribution >= 4 is 11.6 Å². The summed E-state index contributed by atoms with van der Waals surface area (Å²) in [5, 5.41) is 3.67. The van der Waals surface area contributed by atoms with Gasteiger partial charge in [-0.1, -0.05) is 24.6 Å². The number of hydrogen-bond donors (Lipinski definition) is 1. The summed E-state index contributed by atoms with van der Waals surface area (Å²) >= 11 is 5.78. The summed E-state index contributed by atoms with van der Waals surface area (Å²) in [5.41, 5.74) is 1.06. The van der Waals surface area contributed by atoms with Crippen LogP contribution >= 0.6 is 11.6 Å². The third kappa shape index (κ3) is 3.76. The maximum absolute atomic E-state index is 13.1. The van der Waals surface area contributed by atoms with E-state index in [9.17, 15) is 4.39 Å². The van der Waals surface area contributed by atoms with Gasteiger partial charge in [-0.05, 0) is 44.9 Å². The standard InChI is InChI=1S/C13H19ClFN/c1-5-12(16-13(2,3)4)9-6-7-11(15)10(14)8-9/h6-8,12,16H,5H2,1-4H3. The molecule has 0 heterocycles. The van der Waals surface area contributed by atoms with Gasteiger partial charge in [0.2, 0.25) is 0 Å². The maximum Gasteiger partial charge on any atom is 0.141 e. The Morgan fingerprint density at radius 1 is 1.38 bits per heavy atom. The molecule has 1 aromatic rings. The van der Waals surface area contributed by atoms with Gasteiger partial charge >= 0.3 is 0 Å². The first-order valence-corrected chi connectivity index (χ1v) is 5.94. The Morgan fingerprint density at radius 3 is 2.44 bits per heavy atom. The van der Waals surface area contributed by atoms with Gasteiger partial charge in [-0.3, -0.25) is 0 Å². The molecule has 1 nitrogen and oxygen atoms in total. The lowest BCUT2D eigenvalue weighted by Gasteiger charge is -2.28. The van der Waals surface area contributed by atoms with Crippen LogP contribution in [0.15, 0.2) is 18.2 Å². The lowest BCUT2D eigenvalue weighted by Crippen LogP contribution is -2.38. The second-order valence-electron chi connectivity index (χ2n) is 5.03.